The van der Waals surface area contributed by atoms with Crippen LogP contribution in [-0.4, -0.2) is 14.2 Å². The van der Waals surface area contributed by atoms with Crippen LogP contribution in [-0.2, 0) is 7.05 Å². The molecule has 0 atom stereocenters. The van der Waals surface area contributed by atoms with Crippen molar-refractivity contribution in [1.82, 2.24) is 14.2 Å². The van der Waals surface area contributed by atoms with Gasteiger partial charge in [0.25, 0.3) is 5.56 Å². The molecule has 0 radical (unpaired) electrons. The molecule has 0 unspecified atom stereocenters. The van der Waals surface area contributed by atoms with Crippen LogP contribution in [0.4, 0.5) is 0 Å². The van der Waals surface area contributed by atoms with Crippen LogP contribution in [0.15, 0.2) is 29.1 Å². The lowest BCUT2D eigenvalue weighted by atomic mass is 9.95. The van der Waals surface area contributed by atoms with Gasteiger partial charge in [0, 0.05) is 23.3 Å². The second-order valence-corrected chi connectivity index (χ2v) is 7.17. The molecule has 3 aromatic rings. The maximum atomic E-state index is 13.1. The lowest BCUT2D eigenvalue weighted by Gasteiger charge is -2.14. The van der Waals surface area contributed by atoms with Gasteiger partial charge in [0.2, 0.25) is 0 Å². The van der Waals surface area contributed by atoms with E-state index in [1.807, 2.05) is 6.92 Å². The van der Waals surface area contributed by atoms with Gasteiger partial charge in [-0.25, -0.2) is 4.52 Å². The molecule has 6 heteroatoms. The Morgan fingerprint density at radius 2 is 1.84 bits per heavy atom. The lowest BCUT2D eigenvalue weighted by Crippen LogP contribution is -2.24. The van der Waals surface area contributed by atoms with E-state index >= 15 is 0 Å². The Morgan fingerprint density at radius 1 is 1.16 bits per heavy atom. The monoisotopic (exact) mass is 377 g/mol. The van der Waals surface area contributed by atoms with E-state index in [9.17, 15) is 4.79 Å². The third-order valence-electron chi connectivity index (χ3n) is 4.80. The second kappa shape index (κ2) is 6.85. The van der Waals surface area contributed by atoms with Crippen molar-refractivity contribution in [3.63, 3.8) is 0 Å². The average molecular weight is 378 g/mol. The maximum absolute atomic E-state index is 13.1. The van der Waals surface area contributed by atoms with Crippen LogP contribution in [0.1, 0.15) is 43.9 Å². The molecule has 4 nitrogen and oxygen atoms in total. The van der Waals surface area contributed by atoms with Gasteiger partial charge in [-0.05, 0) is 55.5 Å². The third kappa shape index (κ3) is 2.98. The van der Waals surface area contributed by atoms with Gasteiger partial charge in [-0.2, -0.15) is 0 Å². The molecule has 0 spiro atoms. The minimum Gasteiger partial charge on any atom is -0.292 e. The summed E-state index contributed by atoms with van der Waals surface area (Å²) in [4.78, 5) is 13.1. The Kier molecular flexibility index (Phi) is 4.94. The molecule has 1 aromatic carbocycles. The SMILES string of the molecule is CCC(CC)c1cc(C)n2nc(-c3ccc(Cl)cc3Cl)n(C)c(=O)c12. The van der Waals surface area contributed by atoms with Crippen LogP contribution in [0, 0.1) is 6.92 Å². The van der Waals surface area contributed by atoms with Crippen LogP contribution < -0.4 is 5.56 Å². The highest BCUT2D eigenvalue weighted by Gasteiger charge is 2.21. The number of nitrogens with zero attached hydrogens (tertiary/aromatic N) is 3. The number of benzene rings is 1. The molecule has 0 aliphatic rings. The normalized spacial score (nSPS) is 11.6. The van der Waals surface area contributed by atoms with E-state index in [2.05, 4.69) is 19.9 Å². The van der Waals surface area contributed by atoms with E-state index in [0.29, 0.717) is 32.9 Å². The Morgan fingerprint density at radius 3 is 2.44 bits per heavy atom. The van der Waals surface area contributed by atoms with Crippen molar-refractivity contribution in [3.05, 3.63) is 55.9 Å². The summed E-state index contributed by atoms with van der Waals surface area (Å²) in [6.45, 7) is 6.26. The summed E-state index contributed by atoms with van der Waals surface area (Å²) >= 11 is 12.3. The van der Waals surface area contributed by atoms with Crippen LogP contribution in [0.2, 0.25) is 10.0 Å². The van der Waals surface area contributed by atoms with Gasteiger partial charge in [0.1, 0.15) is 5.52 Å². The Bertz CT molecular complexity index is 1000. The highest BCUT2D eigenvalue weighted by Crippen LogP contribution is 2.31. The molecule has 2 heterocycles. The van der Waals surface area contributed by atoms with Crippen molar-refractivity contribution in [2.24, 2.45) is 7.05 Å². The fourth-order valence-corrected chi connectivity index (χ4v) is 3.85. The number of hydrogen-bond donors (Lipinski definition) is 0. The number of rotatable bonds is 4. The zero-order valence-electron chi connectivity index (χ0n) is 14.8. The highest BCUT2D eigenvalue weighted by atomic mass is 35.5. The van der Waals surface area contributed by atoms with E-state index < -0.39 is 0 Å². The zero-order chi connectivity index (χ0) is 18.3. The van der Waals surface area contributed by atoms with Gasteiger partial charge in [-0.15, -0.1) is 5.10 Å². The molecule has 0 bridgehead atoms. The first-order valence-electron chi connectivity index (χ1n) is 8.43. The van der Waals surface area contributed by atoms with Crippen molar-refractivity contribution in [2.75, 3.05) is 0 Å². The lowest BCUT2D eigenvalue weighted by molar-refractivity contribution is 0.644. The topological polar surface area (TPSA) is 39.3 Å². The molecule has 0 N–H and O–H groups in total. The summed E-state index contributed by atoms with van der Waals surface area (Å²) in [6.07, 6.45) is 1.98. The number of hydrogen-bond acceptors (Lipinski definition) is 2. The number of fused-ring (bicyclic) bond motifs is 1. The Balaban J connectivity index is 2.34. The molecule has 0 aliphatic heterocycles. The maximum Gasteiger partial charge on any atom is 0.278 e. The van der Waals surface area contributed by atoms with E-state index in [4.69, 9.17) is 28.3 Å². The summed E-state index contributed by atoms with van der Waals surface area (Å²) in [6, 6.07) is 7.28. The molecular weight excluding hydrogens is 357 g/mol. The van der Waals surface area contributed by atoms with Crippen molar-refractivity contribution in [3.8, 4) is 11.4 Å². The quantitative estimate of drug-likeness (QED) is 0.625. The largest absolute Gasteiger partial charge is 0.292 e. The van der Waals surface area contributed by atoms with Gasteiger partial charge in [0.05, 0.1) is 5.02 Å². The summed E-state index contributed by atoms with van der Waals surface area (Å²) in [7, 11) is 1.73. The van der Waals surface area contributed by atoms with Crippen LogP contribution in [0.3, 0.4) is 0 Å². The summed E-state index contributed by atoms with van der Waals surface area (Å²) in [5.41, 5.74) is 3.29. The van der Waals surface area contributed by atoms with E-state index in [1.165, 1.54) is 0 Å². The first kappa shape index (κ1) is 18.0. The van der Waals surface area contributed by atoms with E-state index in [-0.39, 0.29) is 5.56 Å². The Hall–Kier alpha value is -1.78. The second-order valence-electron chi connectivity index (χ2n) is 6.33. The van der Waals surface area contributed by atoms with Gasteiger partial charge < -0.3 is 0 Å². The number of aromatic nitrogens is 3. The molecule has 132 valence electrons. The summed E-state index contributed by atoms with van der Waals surface area (Å²) in [5.74, 6) is 0.872. The average Bonchev–Trinajstić information content (AvgIpc) is 2.89. The minimum absolute atomic E-state index is 0.0639. The van der Waals surface area contributed by atoms with E-state index in [1.54, 1.807) is 34.3 Å². The predicted octanol–water partition coefficient (Wildman–Crippen LogP) is 5.22. The Labute approximate surface area is 157 Å². The number of halogens is 2. The molecule has 0 fully saturated rings. The van der Waals surface area contributed by atoms with Crippen molar-refractivity contribution in [1.29, 1.82) is 0 Å². The molecule has 2 aromatic heterocycles. The van der Waals surface area contributed by atoms with Crippen LogP contribution in [0.5, 0.6) is 0 Å². The molecule has 25 heavy (non-hydrogen) atoms. The molecule has 3 rings (SSSR count). The first-order valence-corrected chi connectivity index (χ1v) is 9.19. The fraction of sp³-hybridized carbons (Fsp3) is 0.368. The van der Waals surface area contributed by atoms with Crippen LogP contribution in [0.25, 0.3) is 16.9 Å². The highest BCUT2D eigenvalue weighted by molar-refractivity contribution is 6.36. The van der Waals surface area contributed by atoms with Gasteiger partial charge in [-0.3, -0.25) is 9.36 Å². The standard InChI is InChI=1S/C19H21Cl2N3O/c1-5-12(6-2)15-9-11(3)24-17(15)19(25)23(4)18(22-24)14-8-7-13(20)10-16(14)21/h7-10,12H,5-6H2,1-4H3. The third-order valence-corrected chi connectivity index (χ3v) is 5.35. The fourth-order valence-electron chi connectivity index (χ4n) is 3.36. The van der Waals surface area contributed by atoms with Crippen molar-refractivity contribution >= 4 is 28.7 Å². The minimum atomic E-state index is -0.0639. The first-order chi connectivity index (χ1) is 11.9. The van der Waals surface area contributed by atoms with Crippen molar-refractivity contribution < 1.29 is 0 Å². The van der Waals surface area contributed by atoms with Gasteiger partial charge >= 0.3 is 0 Å². The molecule has 0 aliphatic carbocycles. The van der Waals surface area contributed by atoms with Gasteiger partial charge in [-0.1, -0.05) is 37.0 Å². The van der Waals surface area contributed by atoms with Crippen molar-refractivity contribution in [2.45, 2.75) is 39.5 Å². The number of aryl methyl sites for hydroxylation is 1. The van der Waals surface area contributed by atoms with Gasteiger partial charge in [0.15, 0.2) is 5.82 Å². The zero-order valence-corrected chi connectivity index (χ0v) is 16.3. The van der Waals surface area contributed by atoms with E-state index in [0.717, 1.165) is 24.1 Å². The molecule has 0 saturated carbocycles. The molecule has 0 saturated heterocycles. The summed E-state index contributed by atoms with van der Waals surface area (Å²) in [5, 5.41) is 5.74. The molecule has 0 amide bonds. The molecular formula is C19H21Cl2N3O. The van der Waals surface area contributed by atoms with Crippen LogP contribution >= 0.6 is 23.2 Å². The smallest absolute Gasteiger partial charge is 0.278 e. The summed E-state index contributed by atoms with van der Waals surface area (Å²) < 4.78 is 3.31. The predicted molar refractivity (Wildman–Crippen MR) is 104 cm³/mol.